The van der Waals surface area contributed by atoms with E-state index in [1.807, 2.05) is 44.9 Å². The third kappa shape index (κ3) is 20.9. The summed E-state index contributed by atoms with van der Waals surface area (Å²) in [5, 5.41) is 8.64. The number of rotatable bonds is 5. The van der Waals surface area contributed by atoms with Crippen LogP contribution < -0.4 is 0 Å². The van der Waals surface area contributed by atoms with E-state index in [2.05, 4.69) is 27.0 Å². The predicted molar refractivity (Wildman–Crippen MR) is 80.1 cm³/mol. The Bertz CT molecular complexity index is 207. The van der Waals surface area contributed by atoms with Gasteiger partial charge in [-0.25, -0.2) is 0 Å². The lowest BCUT2D eigenvalue weighted by Gasteiger charge is -2.17. The molecule has 0 amide bonds. The Kier molecular flexibility index (Phi) is 21.8. The largest absolute Gasteiger partial charge is 0.395 e. The van der Waals surface area contributed by atoms with Crippen molar-refractivity contribution in [3.63, 3.8) is 0 Å². The van der Waals surface area contributed by atoms with Gasteiger partial charge in [-0.3, -0.25) is 0 Å². The van der Waals surface area contributed by atoms with Gasteiger partial charge in [-0.15, -0.1) is 0 Å². The molecule has 0 spiro atoms. The molecule has 102 valence electrons. The zero-order valence-electron chi connectivity index (χ0n) is 12.6. The Morgan fingerprint density at radius 2 is 1.59 bits per heavy atom. The number of nitrogens with zero attached hydrogens (tertiary/aromatic N) is 1. The molecule has 2 heteroatoms. The van der Waals surface area contributed by atoms with Crippen LogP contribution in [0.1, 0.15) is 41.0 Å². The maximum absolute atomic E-state index is 8.64. The first-order valence-corrected chi connectivity index (χ1v) is 6.34. The van der Waals surface area contributed by atoms with E-state index in [1.54, 1.807) is 0 Å². The van der Waals surface area contributed by atoms with Gasteiger partial charge >= 0.3 is 0 Å². The van der Waals surface area contributed by atoms with E-state index in [0.29, 0.717) is 6.54 Å². The van der Waals surface area contributed by atoms with Crippen LogP contribution in [-0.4, -0.2) is 30.2 Å². The molecule has 1 N–H and O–H groups in total. The van der Waals surface area contributed by atoms with Gasteiger partial charge in [0, 0.05) is 19.3 Å². The standard InChI is InChI=1S/C10H17NO.C3H8.C2H6/c1-9(2)5-6-10(3)11(4)7-8-12;1-3-2;1-2/h5-6,12H,1,3,7-8H2,2,4H3;3H2,1-2H3;1-2H3/b6-5-;;. The number of likely N-dealkylation sites (N-methyl/N-ethyl adjacent to an activating group) is 1. The molecule has 0 aliphatic rings. The summed E-state index contributed by atoms with van der Waals surface area (Å²) in [6.07, 6.45) is 5.04. The van der Waals surface area contributed by atoms with Crippen LogP contribution in [0.2, 0.25) is 0 Å². The Morgan fingerprint density at radius 3 is 1.88 bits per heavy atom. The average molecular weight is 241 g/mol. The van der Waals surface area contributed by atoms with Crippen molar-refractivity contribution in [1.82, 2.24) is 4.90 Å². The van der Waals surface area contributed by atoms with E-state index in [1.165, 1.54) is 6.42 Å². The van der Waals surface area contributed by atoms with Crippen molar-refractivity contribution in [2.24, 2.45) is 0 Å². The summed E-state index contributed by atoms with van der Waals surface area (Å²) >= 11 is 0. The first-order valence-electron chi connectivity index (χ1n) is 6.34. The van der Waals surface area contributed by atoms with Gasteiger partial charge in [0.2, 0.25) is 0 Å². The summed E-state index contributed by atoms with van der Waals surface area (Å²) in [6, 6.07) is 0. The molecule has 0 saturated heterocycles. The van der Waals surface area contributed by atoms with Gasteiger partial charge < -0.3 is 10.0 Å². The summed E-state index contributed by atoms with van der Waals surface area (Å²) in [4.78, 5) is 1.89. The van der Waals surface area contributed by atoms with E-state index in [9.17, 15) is 0 Å². The van der Waals surface area contributed by atoms with E-state index in [4.69, 9.17) is 5.11 Å². The molecule has 0 fully saturated rings. The highest BCUT2D eigenvalue weighted by atomic mass is 16.3. The number of hydrogen-bond donors (Lipinski definition) is 1. The molecule has 0 rings (SSSR count). The monoisotopic (exact) mass is 241 g/mol. The molecule has 0 radical (unpaired) electrons. The highest BCUT2D eigenvalue weighted by Gasteiger charge is 1.95. The van der Waals surface area contributed by atoms with Crippen molar-refractivity contribution in [1.29, 1.82) is 0 Å². The number of aliphatic hydroxyl groups is 1. The van der Waals surface area contributed by atoms with Gasteiger partial charge in [-0.1, -0.05) is 58.9 Å². The van der Waals surface area contributed by atoms with Gasteiger partial charge in [0.1, 0.15) is 0 Å². The fourth-order valence-corrected chi connectivity index (χ4v) is 0.659. The molecule has 0 aromatic heterocycles. The quantitative estimate of drug-likeness (QED) is 0.735. The van der Waals surface area contributed by atoms with Crippen LogP contribution in [0, 0.1) is 0 Å². The first-order chi connectivity index (χ1) is 7.99. The van der Waals surface area contributed by atoms with Gasteiger partial charge in [-0.2, -0.15) is 0 Å². The Morgan fingerprint density at radius 1 is 1.18 bits per heavy atom. The van der Waals surface area contributed by atoms with Crippen molar-refractivity contribution >= 4 is 0 Å². The number of aliphatic hydroxyl groups excluding tert-OH is 1. The highest BCUT2D eigenvalue weighted by Crippen LogP contribution is 2.01. The molecule has 0 aliphatic heterocycles. The zero-order valence-corrected chi connectivity index (χ0v) is 12.6. The highest BCUT2D eigenvalue weighted by molar-refractivity contribution is 5.21. The van der Waals surface area contributed by atoms with Gasteiger partial charge in [0.25, 0.3) is 0 Å². The Labute approximate surface area is 108 Å². The molecule has 0 aromatic rings. The van der Waals surface area contributed by atoms with E-state index in [-0.39, 0.29) is 6.61 Å². The van der Waals surface area contributed by atoms with Crippen LogP contribution in [0.15, 0.2) is 36.6 Å². The first kappa shape index (κ1) is 21.3. The van der Waals surface area contributed by atoms with Crippen LogP contribution in [0.25, 0.3) is 0 Å². The zero-order chi connectivity index (χ0) is 14.3. The lowest BCUT2D eigenvalue weighted by atomic mass is 10.3. The van der Waals surface area contributed by atoms with Gasteiger partial charge in [0.15, 0.2) is 0 Å². The third-order valence-electron chi connectivity index (χ3n) is 1.49. The van der Waals surface area contributed by atoms with Crippen molar-refractivity contribution in [3.05, 3.63) is 36.6 Å². The van der Waals surface area contributed by atoms with Crippen molar-refractivity contribution < 1.29 is 5.11 Å². The Hall–Kier alpha value is -1.02. The van der Waals surface area contributed by atoms with Crippen LogP contribution in [0.3, 0.4) is 0 Å². The summed E-state index contributed by atoms with van der Waals surface area (Å²) < 4.78 is 0. The lowest BCUT2D eigenvalue weighted by molar-refractivity contribution is 0.249. The molecular weight excluding hydrogens is 210 g/mol. The summed E-state index contributed by atoms with van der Waals surface area (Å²) in [7, 11) is 1.89. The normalized spacial score (nSPS) is 8.65. The molecule has 0 unspecified atom stereocenters. The van der Waals surface area contributed by atoms with E-state index >= 15 is 0 Å². The van der Waals surface area contributed by atoms with E-state index in [0.717, 1.165) is 11.3 Å². The van der Waals surface area contributed by atoms with Crippen LogP contribution in [-0.2, 0) is 0 Å². The number of hydrogen-bond acceptors (Lipinski definition) is 2. The molecular formula is C15H31NO. The van der Waals surface area contributed by atoms with E-state index < -0.39 is 0 Å². The molecule has 17 heavy (non-hydrogen) atoms. The summed E-state index contributed by atoms with van der Waals surface area (Å²) in [6.45, 7) is 18.5. The minimum Gasteiger partial charge on any atom is -0.395 e. The van der Waals surface area contributed by atoms with Crippen molar-refractivity contribution in [2.45, 2.75) is 41.0 Å². The average Bonchev–Trinajstić information content (AvgIpc) is 2.30. The molecule has 0 aliphatic carbocycles. The second kappa shape index (κ2) is 17.4. The third-order valence-corrected chi connectivity index (χ3v) is 1.49. The molecule has 0 heterocycles. The van der Waals surface area contributed by atoms with Gasteiger partial charge in [0.05, 0.1) is 6.61 Å². The smallest absolute Gasteiger partial charge is 0.0606 e. The van der Waals surface area contributed by atoms with Crippen LogP contribution in [0.5, 0.6) is 0 Å². The lowest BCUT2D eigenvalue weighted by Crippen LogP contribution is -2.19. The Balaban J connectivity index is -0.000000337. The van der Waals surface area contributed by atoms with Crippen LogP contribution in [0.4, 0.5) is 0 Å². The number of allylic oxidation sites excluding steroid dienone is 3. The molecule has 2 nitrogen and oxygen atoms in total. The fraction of sp³-hybridized carbons (Fsp3) is 0.600. The second-order valence-electron chi connectivity index (χ2n) is 3.52. The van der Waals surface area contributed by atoms with Gasteiger partial charge in [-0.05, 0) is 13.0 Å². The van der Waals surface area contributed by atoms with Crippen molar-refractivity contribution in [2.75, 3.05) is 20.2 Å². The maximum Gasteiger partial charge on any atom is 0.0606 e. The summed E-state index contributed by atoms with van der Waals surface area (Å²) in [5.74, 6) is 0. The topological polar surface area (TPSA) is 23.5 Å². The molecule has 0 bridgehead atoms. The summed E-state index contributed by atoms with van der Waals surface area (Å²) in [5.41, 5.74) is 1.88. The van der Waals surface area contributed by atoms with Crippen molar-refractivity contribution in [3.8, 4) is 0 Å². The molecule has 0 atom stereocenters. The SMILES string of the molecule is C=C(C)/C=C\C(=C)N(C)CCO.CC.CCC. The molecule has 0 saturated carbocycles. The minimum absolute atomic E-state index is 0.149. The van der Waals surface area contributed by atoms with Crippen LogP contribution >= 0.6 is 0 Å². The minimum atomic E-state index is 0.149. The maximum atomic E-state index is 8.64. The molecule has 0 aromatic carbocycles. The second-order valence-corrected chi connectivity index (χ2v) is 3.52. The fourth-order valence-electron chi connectivity index (χ4n) is 0.659. The predicted octanol–water partition coefficient (Wildman–Crippen LogP) is 4.00.